The number of fused-ring (bicyclic) bond motifs is 1. The average molecular weight is 327 g/mol. The highest BCUT2D eigenvalue weighted by Gasteiger charge is 2.28. The zero-order valence-electron chi connectivity index (χ0n) is 15.1. The molecule has 0 radical (unpaired) electrons. The van der Waals surface area contributed by atoms with Crippen molar-refractivity contribution in [2.75, 3.05) is 26.2 Å². The molecule has 130 valence electrons. The van der Waals surface area contributed by atoms with Gasteiger partial charge in [-0.15, -0.1) is 0 Å². The van der Waals surface area contributed by atoms with Gasteiger partial charge in [0.05, 0.1) is 5.92 Å². The second-order valence-corrected chi connectivity index (χ2v) is 6.86. The second kappa shape index (κ2) is 7.39. The molecule has 1 N–H and O–H groups in total. The molecule has 3 rings (SSSR count). The normalized spacial score (nSPS) is 18.9. The first-order valence-electron chi connectivity index (χ1n) is 9.21. The number of rotatable bonds is 5. The molecule has 0 saturated carbocycles. The van der Waals surface area contributed by atoms with Gasteiger partial charge in [0.15, 0.2) is 0 Å². The van der Waals surface area contributed by atoms with Crippen LogP contribution in [-0.4, -0.2) is 46.9 Å². The van der Waals surface area contributed by atoms with E-state index in [9.17, 15) is 4.79 Å². The predicted octanol–water partition coefficient (Wildman–Crippen LogP) is 3.56. The first-order chi connectivity index (χ1) is 11.6. The quantitative estimate of drug-likeness (QED) is 0.912. The summed E-state index contributed by atoms with van der Waals surface area (Å²) in [6.45, 7) is 10.8. The van der Waals surface area contributed by atoms with Crippen molar-refractivity contribution >= 4 is 16.8 Å². The van der Waals surface area contributed by atoms with Gasteiger partial charge in [0.25, 0.3) is 0 Å². The smallest absolute Gasteiger partial charge is 0.226 e. The van der Waals surface area contributed by atoms with E-state index in [0.717, 1.165) is 45.6 Å². The first kappa shape index (κ1) is 17.0. The second-order valence-electron chi connectivity index (χ2n) is 6.86. The van der Waals surface area contributed by atoms with Crippen LogP contribution in [0.1, 0.15) is 37.9 Å². The number of H-pyrrole nitrogens is 1. The van der Waals surface area contributed by atoms with E-state index in [4.69, 9.17) is 0 Å². The lowest BCUT2D eigenvalue weighted by molar-refractivity contribution is -0.137. The van der Waals surface area contributed by atoms with Crippen LogP contribution in [0.2, 0.25) is 0 Å². The molecule has 4 nitrogen and oxygen atoms in total. The van der Waals surface area contributed by atoms with Crippen molar-refractivity contribution in [2.45, 2.75) is 40.2 Å². The van der Waals surface area contributed by atoms with Gasteiger partial charge >= 0.3 is 0 Å². The Morgan fingerprint density at radius 2 is 2.04 bits per heavy atom. The van der Waals surface area contributed by atoms with Crippen LogP contribution < -0.4 is 0 Å². The minimum absolute atomic E-state index is 0.157. The zero-order valence-corrected chi connectivity index (χ0v) is 15.1. The van der Waals surface area contributed by atoms with Crippen LogP contribution in [0.5, 0.6) is 0 Å². The van der Waals surface area contributed by atoms with Crippen molar-refractivity contribution in [2.24, 2.45) is 5.92 Å². The molecule has 1 aromatic carbocycles. The van der Waals surface area contributed by atoms with E-state index in [1.54, 1.807) is 0 Å². The molecule has 0 aliphatic carbocycles. The standard InChI is InChI=1S/C20H29N3O/c1-4-23(5-2)20(24)16-9-8-12-22(13-16)14-18-15(3)21-19-11-7-6-10-17(18)19/h6-7,10-11,16,21H,4-5,8-9,12-14H2,1-3H3. The molecule has 2 aromatic rings. The van der Waals surface area contributed by atoms with Crippen molar-refractivity contribution in [3.63, 3.8) is 0 Å². The Morgan fingerprint density at radius 3 is 2.79 bits per heavy atom. The molecule has 4 heteroatoms. The fourth-order valence-electron chi connectivity index (χ4n) is 3.96. The maximum absolute atomic E-state index is 12.7. The Morgan fingerprint density at radius 1 is 1.29 bits per heavy atom. The van der Waals surface area contributed by atoms with Gasteiger partial charge in [-0.1, -0.05) is 18.2 Å². The number of aryl methyl sites for hydroxylation is 1. The van der Waals surface area contributed by atoms with Gasteiger partial charge in [0.2, 0.25) is 5.91 Å². The number of amides is 1. The fraction of sp³-hybridized carbons (Fsp3) is 0.550. The summed E-state index contributed by atoms with van der Waals surface area (Å²) in [5, 5.41) is 1.31. The Bertz CT molecular complexity index is 702. The molecule has 1 saturated heterocycles. The topological polar surface area (TPSA) is 39.3 Å². The molecule has 0 spiro atoms. The average Bonchev–Trinajstić information content (AvgIpc) is 2.92. The number of likely N-dealkylation sites (tertiary alicyclic amines) is 1. The number of benzene rings is 1. The summed E-state index contributed by atoms with van der Waals surface area (Å²) in [6, 6.07) is 8.50. The summed E-state index contributed by atoms with van der Waals surface area (Å²) in [5.74, 6) is 0.490. The molecular formula is C20H29N3O. The van der Waals surface area contributed by atoms with Crippen molar-refractivity contribution in [3.8, 4) is 0 Å². The van der Waals surface area contributed by atoms with E-state index in [1.807, 2.05) is 4.90 Å². The number of hydrogen-bond acceptors (Lipinski definition) is 2. The Balaban J connectivity index is 1.73. The van der Waals surface area contributed by atoms with Gasteiger partial charge in [-0.2, -0.15) is 0 Å². The Hall–Kier alpha value is -1.81. The van der Waals surface area contributed by atoms with Crippen LogP contribution in [0.4, 0.5) is 0 Å². The first-order valence-corrected chi connectivity index (χ1v) is 9.21. The van der Waals surface area contributed by atoms with E-state index in [-0.39, 0.29) is 5.92 Å². The molecule has 1 fully saturated rings. The number of piperidine rings is 1. The largest absolute Gasteiger partial charge is 0.358 e. The monoisotopic (exact) mass is 327 g/mol. The summed E-state index contributed by atoms with van der Waals surface area (Å²) >= 11 is 0. The van der Waals surface area contributed by atoms with Crippen molar-refractivity contribution in [1.82, 2.24) is 14.8 Å². The maximum Gasteiger partial charge on any atom is 0.226 e. The van der Waals surface area contributed by atoms with E-state index >= 15 is 0 Å². The highest BCUT2D eigenvalue weighted by Crippen LogP contribution is 2.26. The third kappa shape index (κ3) is 3.34. The minimum Gasteiger partial charge on any atom is -0.358 e. The Kier molecular flexibility index (Phi) is 5.24. The third-order valence-corrected chi connectivity index (χ3v) is 5.34. The van der Waals surface area contributed by atoms with Crippen LogP contribution in [0.15, 0.2) is 24.3 Å². The van der Waals surface area contributed by atoms with Gasteiger partial charge in [0.1, 0.15) is 0 Å². The molecule has 0 bridgehead atoms. The summed E-state index contributed by atoms with van der Waals surface area (Å²) in [4.78, 5) is 20.6. The fourth-order valence-corrected chi connectivity index (χ4v) is 3.96. The SMILES string of the molecule is CCN(CC)C(=O)C1CCCN(Cc2c(C)[nH]c3ccccc23)C1. The van der Waals surface area contributed by atoms with Crippen molar-refractivity contribution < 1.29 is 4.79 Å². The van der Waals surface area contributed by atoms with E-state index in [1.165, 1.54) is 22.2 Å². The molecule has 2 heterocycles. The van der Waals surface area contributed by atoms with E-state index in [2.05, 4.69) is 54.9 Å². The summed E-state index contributed by atoms with van der Waals surface area (Å²) in [6.07, 6.45) is 2.14. The third-order valence-electron chi connectivity index (χ3n) is 5.34. The molecule has 24 heavy (non-hydrogen) atoms. The predicted molar refractivity (Wildman–Crippen MR) is 99.0 cm³/mol. The number of aromatic amines is 1. The molecular weight excluding hydrogens is 298 g/mol. The Labute approximate surface area is 144 Å². The molecule has 1 atom stereocenters. The number of carbonyl (C=O) groups excluding carboxylic acids is 1. The summed E-state index contributed by atoms with van der Waals surface area (Å²) in [7, 11) is 0. The molecule has 1 aliphatic heterocycles. The lowest BCUT2D eigenvalue weighted by Crippen LogP contribution is -2.44. The van der Waals surface area contributed by atoms with Gasteiger partial charge < -0.3 is 9.88 Å². The summed E-state index contributed by atoms with van der Waals surface area (Å²) < 4.78 is 0. The maximum atomic E-state index is 12.7. The van der Waals surface area contributed by atoms with Crippen molar-refractivity contribution in [3.05, 3.63) is 35.5 Å². The van der Waals surface area contributed by atoms with Crippen LogP contribution in [0.3, 0.4) is 0 Å². The zero-order chi connectivity index (χ0) is 17.1. The molecule has 1 aromatic heterocycles. The van der Waals surface area contributed by atoms with Crippen LogP contribution in [0.25, 0.3) is 10.9 Å². The number of aromatic nitrogens is 1. The highest BCUT2D eigenvalue weighted by atomic mass is 16.2. The van der Waals surface area contributed by atoms with Gasteiger partial charge in [-0.05, 0) is 51.8 Å². The number of hydrogen-bond donors (Lipinski definition) is 1. The van der Waals surface area contributed by atoms with Gasteiger partial charge in [-0.3, -0.25) is 9.69 Å². The lowest BCUT2D eigenvalue weighted by Gasteiger charge is -2.34. The van der Waals surface area contributed by atoms with Crippen LogP contribution in [0, 0.1) is 12.8 Å². The molecule has 1 unspecified atom stereocenters. The van der Waals surface area contributed by atoms with Gasteiger partial charge in [-0.25, -0.2) is 0 Å². The molecule has 1 amide bonds. The van der Waals surface area contributed by atoms with E-state index in [0.29, 0.717) is 5.91 Å². The highest BCUT2D eigenvalue weighted by molar-refractivity contribution is 5.84. The number of carbonyl (C=O) groups is 1. The summed E-state index contributed by atoms with van der Waals surface area (Å²) in [5.41, 5.74) is 3.83. The van der Waals surface area contributed by atoms with E-state index < -0.39 is 0 Å². The number of para-hydroxylation sites is 1. The van der Waals surface area contributed by atoms with Gasteiger partial charge in [0, 0.05) is 42.8 Å². The number of nitrogens with one attached hydrogen (secondary N) is 1. The minimum atomic E-state index is 0.157. The lowest BCUT2D eigenvalue weighted by atomic mass is 9.95. The van der Waals surface area contributed by atoms with Crippen LogP contribution >= 0.6 is 0 Å². The molecule has 1 aliphatic rings. The number of nitrogens with zero attached hydrogens (tertiary/aromatic N) is 2. The van der Waals surface area contributed by atoms with Crippen LogP contribution in [-0.2, 0) is 11.3 Å². The van der Waals surface area contributed by atoms with Crippen molar-refractivity contribution in [1.29, 1.82) is 0 Å².